The fourth-order valence-corrected chi connectivity index (χ4v) is 4.46. The number of thioether (sulfide) groups is 1. The molecule has 6 nitrogen and oxygen atoms in total. The molecule has 0 radical (unpaired) electrons. The number of hydrogen-bond donors (Lipinski definition) is 0. The number of rotatable bonds is 7. The molecule has 5 aromatic rings. The quantitative estimate of drug-likeness (QED) is 0.301. The van der Waals surface area contributed by atoms with E-state index in [1.54, 1.807) is 11.1 Å². The van der Waals surface area contributed by atoms with E-state index in [-0.39, 0.29) is 5.91 Å². The van der Waals surface area contributed by atoms with Crippen LogP contribution < -0.4 is 0 Å². The molecule has 5 rings (SSSR count). The molecule has 33 heavy (non-hydrogen) atoms. The van der Waals surface area contributed by atoms with Crippen molar-refractivity contribution in [1.29, 1.82) is 0 Å². The summed E-state index contributed by atoms with van der Waals surface area (Å²) in [4.78, 5) is 19.5. The van der Waals surface area contributed by atoms with Crippen LogP contribution in [0.3, 0.4) is 0 Å². The zero-order valence-corrected chi connectivity index (χ0v) is 18.9. The summed E-state index contributed by atoms with van der Waals surface area (Å²) in [6.45, 7) is 0.471. The number of carbonyl (C=O) groups is 1. The Labute approximate surface area is 195 Å². The van der Waals surface area contributed by atoms with Crippen molar-refractivity contribution in [2.75, 3.05) is 7.05 Å². The molecule has 0 bridgehead atoms. The summed E-state index contributed by atoms with van der Waals surface area (Å²) in [7, 11) is 1.81. The molecule has 1 amide bonds. The number of hydrogen-bond acceptors (Lipinski definition) is 5. The minimum atomic E-state index is -0.0313. The second kappa shape index (κ2) is 9.34. The second-order valence-corrected chi connectivity index (χ2v) is 8.61. The number of oxazole rings is 1. The lowest BCUT2D eigenvalue weighted by atomic mass is 10.1. The van der Waals surface area contributed by atoms with Crippen molar-refractivity contribution in [1.82, 2.24) is 19.7 Å². The summed E-state index contributed by atoms with van der Waals surface area (Å²) in [5.74, 6) is 0.561. The first kappa shape index (κ1) is 21.0. The van der Waals surface area contributed by atoms with Gasteiger partial charge < -0.3 is 9.32 Å². The first-order valence-electron chi connectivity index (χ1n) is 10.6. The lowest BCUT2D eigenvalue weighted by Crippen LogP contribution is -2.27. The topological polar surface area (TPSA) is 64.2 Å². The molecule has 2 aromatic heterocycles. The first-order chi connectivity index (χ1) is 16.2. The molecule has 164 valence electrons. The number of benzene rings is 3. The molecule has 0 atom stereocenters. The van der Waals surface area contributed by atoms with E-state index in [1.807, 2.05) is 96.8 Å². The van der Waals surface area contributed by atoms with E-state index in [0.717, 1.165) is 27.9 Å². The Morgan fingerprint density at radius 2 is 1.76 bits per heavy atom. The van der Waals surface area contributed by atoms with E-state index in [9.17, 15) is 4.79 Å². The Kier molecular flexibility index (Phi) is 5.95. The highest BCUT2D eigenvalue weighted by Gasteiger charge is 2.17. The third-order valence-corrected chi connectivity index (χ3v) is 6.17. The van der Waals surface area contributed by atoms with Gasteiger partial charge in [0.2, 0.25) is 0 Å². The van der Waals surface area contributed by atoms with Gasteiger partial charge in [-0.15, -0.1) is 0 Å². The molecule has 0 spiro atoms. The molecule has 0 saturated heterocycles. The molecule has 7 heteroatoms. The van der Waals surface area contributed by atoms with Crippen LogP contribution in [-0.2, 0) is 12.3 Å². The second-order valence-electron chi connectivity index (χ2n) is 7.68. The Balaban J connectivity index is 1.28. The molecule has 3 aromatic carbocycles. The van der Waals surface area contributed by atoms with Gasteiger partial charge in [-0.3, -0.25) is 4.79 Å². The van der Waals surface area contributed by atoms with Gasteiger partial charge >= 0.3 is 0 Å². The Hall–Kier alpha value is -3.84. The average molecular weight is 455 g/mol. The number of fused-ring (bicyclic) bond motifs is 1. The fraction of sp³-hybridized carbons (Fsp3) is 0.115. The standard InChI is InChI=1S/C26H22N4O2S/c1-29(16-19-15-27-30(17-19)21-10-3-2-4-11-21)25(31)22-12-6-5-9-20(22)18-33-26-28-23-13-7-8-14-24(23)32-26/h2-15,17H,16,18H2,1H3. The van der Waals surface area contributed by atoms with Crippen molar-refractivity contribution >= 4 is 28.8 Å². The molecule has 2 heterocycles. The minimum absolute atomic E-state index is 0.0313. The van der Waals surface area contributed by atoms with Gasteiger partial charge in [-0.1, -0.05) is 60.3 Å². The summed E-state index contributed by atoms with van der Waals surface area (Å²) in [5, 5.41) is 5.03. The Morgan fingerprint density at radius 1 is 1.00 bits per heavy atom. The summed E-state index contributed by atoms with van der Waals surface area (Å²) >= 11 is 1.49. The first-order valence-corrected chi connectivity index (χ1v) is 11.6. The van der Waals surface area contributed by atoms with Crippen LogP contribution in [0.2, 0.25) is 0 Å². The van der Waals surface area contributed by atoms with Crippen LogP contribution in [-0.4, -0.2) is 32.6 Å². The normalized spacial score (nSPS) is 11.1. The molecule has 0 fully saturated rings. The van der Waals surface area contributed by atoms with Crippen LogP contribution in [0.5, 0.6) is 0 Å². The van der Waals surface area contributed by atoms with Crippen molar-refractivity contribution in [2.24, 2.45) is 0 Å². The van der Waals surface area contributed by atoms with Crippen LogP contribution in [0.1, 0.15) is 21.5 Å². The van der Waals surface area contributed by atoms with Crippen molar-refractivity contribution in [2.45, 2.75) is 17.5 Å². The average Bonchev–Trinajstić information content (AvgIpc) is 3.50. The van der Waals surface area contributed by atoms with Crippen molar-refractivity contribution in [3.8, 4) is 5.69 Å². The monoisotopic (exact) mass is 454 g/mol. The van der Waals surface area contributed by atoms with Gasteiger partial charge in [-0.25, -0.2) is 9.67 Å². The van der Waals surface area contributed by atoms with Crippen LogP contribution >= 0.6 is 11.8 Å². The number of carbonyl (C=O) groups excluding carboxylic acids is 1. The Morgan fingerprint density at radius 3 is 2.61 bits per heavy atom. The van der Waals surface area contributed by atoms with Gasteiger partial charge in [0.25, 0.3) is 11.1 Å². The lowest BCUT2D eigenvalue weighted by Gasteiger charge is -2.18. The highest BCUT2D eigenvalue weighted by atomic mass is 32.2. The summed E-state index contributed by atoms with van der Waals surface area (Å²) in [6.07, 6.45) is 3.75. The predicted molar refractivity (Wildman–Crippen MR) is 129 cm³/mol. The third-order valence-electron chi connectivity index (χ3n) is 5.30. The van der Waals surface area contributed by atoms with E-state index in [2.05, 4.69) is 10.1 Å². The molecule has 0 unspecified atom stereocenters. The highest BCUT2D eigenvalue weighted by Crippen LogP contribution is 2.27. The SMILES string of the molecule is CN(Cc1cnn(-c2ccccc2)c1)C(=O)c1ccccc1CSc1nc2ccccc2o1. The molecular formula is C26H22N4O2S. The van der Waals surface area contributed by atoms with E-state index in [1.165, 1.54) is 11.8 Å². The molecule has 0 aliphatic rings. The number of nitrogens with zero attached hydrogens (tertiary/aromatic N) is 4. The van der Waals surface area contributed by atoms with Gasteiger partial charge in [0, 0.05) is 36.7 Å². The molecule has 0 N–H and O–H groups in total. The zero-order chi connectivity index (χ0) is 22.6. The zero-order valence-electron chi connectivity index (χ0n) is 18.1. The maximum Gasteiger partial charge on any atom is 0.257 e. The predicted octanol–water partition coefficient (Wildman–Crippen LogP) is 5.58. The van der Waals surface area contributed by atoms with Gasteiger partial charge in [0.05, 0.1) is 11.9 Å². The van der Waals surface area contributed by atoms with E-state index in [4.69, 9.17) is 4.42 Å². The van der Waals surface area contributed by atoms with Crippen LogP contribution in [0.25, 0.3) is 16.8 Å². The molecule has 0 saturated carbocycles. The summed E-state index contributed by atoms with van der Waals surface area (Å²) in [6, 6.07) is 25.3. The smallest absolute Gasteiger partial charge is 0.257 e. The van der Waals surface area contributed by atoms with Gasteiger partial charge in [0.1, 0.15) is 5.52 Å². The maximum atomic E-state index is 13.2. The number of amides is 1. The van der Waals surface area contributed by atoms with Crippen molar-refractivity contribution < 1.29 is 9.21 Å². The lowest BCUT2D eigenvalue weighted by molar-refractivity contribution is 0.0784. The number of aromatic nitrogens is 3. The van der Waals surface area contributed by atoms with Crippen LogP contribution in [0.4, 0.5) is 0 Å². The maximum absolute atomic E-state index is 13.2. The molecular weight excluding hydrogens is 432 g/mol. The van der Waals surface area contributed by atoms with E-state index < -0.39 is 0 Å². The van der Waals surface area contributed by atoms with E-state index >= 15 is 0 Å². The van der Waals surface area contributed by atoms with Crippen LogP contribution in [0, 0.1) is 0 Å². The summed E-state index contributed by atoms with van der Waals surface area (Å²) in [5.41, 5.74) is 5.17. The van der Waals surface area contributed by atoms with Crippen molar-refractivity contribution in [3.05, 3.63) is 108 Å². The highest BCUT2D eigenvalue weighted by molar-refractivity contribution is 7.98. The Bertz CT molecular complexity index is 1360. The van der Waals surface area contributed by atoms with Gasteiger partial charge in [0.15, 0.2) is 5.58 Å². The van der Waals surface area contributed by atoms with Gasteiger partial charge in [-0.2, -0.15) is 5.10 Å². The fourth-order valence-electron chi connectivity index (χ4n) is 3.62. The molecule has 0 aliphatic carbocycles. The van der Waals surface area contributed by atoms with Crippen LogP contribution in [0.15, 0.2) is 101 Å². The third kappa shape index (κ3) is 4.68. The van der Waals surface area contributed by atoms with Gasteiger partial charge in [-0.05, 0) is 35.9 Å². The number of para-hydroxylation sites is 3. The van der Waals surface area contributed by atoms with E-state index in [0.29, 0.717) is 23.1 Å². The largest absolute Gasteiger partial charge is 0.431 e. The minimum Gasteiger partial charge on any atom is -0.431 e. The summed E-state index contributed by atoms with van der Waals surface area (Å²) < 4.78 is 7.62. The van der Waals surface area contributed by atoms with Crippen molar-refractivity contribution in [3.63, 3.8) is 0 Å². The molecule has 0 aliphatic heterocycles.